The monoisotopic (exact) mass is 418 g/mol. The molecule has 2 aromatic heterocycles. The highest BCUT2D eigenvalue weighted by Gasteiger charge is 2.39. The Kier molecular flexibility index (Phi) is 4.28. The average molecular weight is 418 g/mol. The van der Waals surface area contributed by atoms with Gasteiger partial charge in [0, 0.05) is 37.5 Å². The molecule has 4 heterocycles. The Morgan fingerprint density at radius 1 is 1.23 bits per heavy atom. The summed E-state index contributed by atoms with van der Waals surface area (Å²) in [4.78, 5) is 59.0. The van der Waals surface area contributed by atoms with Crippen LogP contribution in [0.25, 0.3) is 11.2 Å². The molecular formula is C21H18N6O4. The van der Waals surface area contributed by atoms with E-state index in [0.717, 1.165) is 0 Å². The average Bonchev–Trinajstić information content (AvgIpc) is 3.27. The Bertz CT molecular complexity index is 1280. The van der Waals surface area contributed by atoms with E-state index in [1.807, 2.05) is 17.8 Å². The van der Waals surface area contributed by atoms with Crippen LogP contribution in [0.1, 0.15) is 39.3 Å². The first-order valence-corrected chi connectivity index (χ1v) is 9.78. The van der Waals surface area contributed by atoms with Crippen LogP contribution in [-0.2, 0) is 23.2 Å². The van der Waals surface area contributed by atoms with Crippen LogP contribution >= 0.6 is 0 Å². The number of hydrogen-bond donors (Lipinski definition) is 2. The lowest BCUT2D eigenvalue weighted by Gasteiger charge is -2.29. The number of piperidine rings is 1. The number of nitrogens with one attached hydrogen (secondary N) is 2. The molecule has 0 bridgehead atoms. The van der Waals surface area contributed by atoms with Gasteiger partial charge in [-0.2, -0.15) is 0 Å². The van der Waals surface area contributed by atoms with Gasteiger partial charge in [0.05, 0.1) is 6.20 Å². The molecule has 2 aliphatic rings. The molecule has 31 heavy (non-hydrogen) atoms. The number of hydrogen-bond acceptors (Lipinski definition) is 6. The number of nitrogens with zero attached hydrogens (tertiary/aromatic N) is 4. The SMILES string of the molecule is Cn1ccc2nc(C(=O)Nc3ccc4c(c3)CN(C3CCC(=O)NC3=O)C4=O)cnc21. The highest BCUT2D eigenvalue weighted by atomic mass is 16.2. The summed E-state index contributed by atoms with van der Waals surface area (Å²) < 4.78 is 1.82. The first-order valence-electron chi connectivity index (χ1n) is 9.78. The maximum absolute atomic E-state index is 12.8. The molecule has 0 spiro atoms. The molecule has 0 aliphatic carbocycles. The molecule has 1 unspecified atom stereocenters. The van der Waals surface area contributed by atoms with Gasteiger partial charge in [-0.3, -0.25) is 24.5 Å². The fourth-order valence-corrected chi connectivity index (χ4v) is 3.99. The smallest absolute Gasteiger partial charge is 0.275 e. The van der Waals surface area contributed by atoms with Gasteiger partial charge in [0.2, 0.25) is 11.8 Å². The molecule has 1 saturated heterocycles. The van der Waals surface area contributed by atoms with Gasteiger partial charge in [-0.05, 0) is 36.2 Å². The predicted octanol–water partition coefficient (Wildman–Crippen LogP) is 0.982. The first kappa shape index (κ1) is 18.9. The summed E-state index contributed by atoms with van der Waals surface area (Å²) in [7, 11) is 1.85. The summed E-state index contributed by atoms with van der Waals surface area (Å²) in [5, 5.41) is 5.06. The molecule has 10 heteroatoms. The van der Waals surface area contributed by atoms with E-state index in [1.54, 1.807) is 24.3 Å². The molecular weight excluding hydrogens is 400 g/mol. The molecule has 5 rings (SSSR count). The molecule has 1 atom stereocenters. The summed E-state index contributed by atoms with van der Waals surface area (Å²) in [6, 6.07) is 6.08. The molecule has 1 aromatic carbocycles. The minimum atomic E-state index is -0.677. The number of fused-ring (bicyclic) bond motifs is 2. The van der Waals surface area contributed by atoms with Crippen molar-refractivity contribution >= 4 is 40.5 Å². The van der Waals surface area contributed by atoms with Crippen LogP contribution in [0.4, 0.5) is 5.69 Å². The molecule has 1 fully saturated rings. The number of imide groups is 1. The third kappa shape index (κ3) is 3.21. The van der Waals surface area contributed by atoms with Gasteiger partial charge in [0.15, 0.2) is 5.65 Å². The summed E-state index contributed by atoms with van der Waals surface area (Å²) in [5.41, 5.74) is 3.18. The maximum atomic E-state index is 12.8. The molecule has 3 aromatic rings. The number of carbonyl (C=O) groups is 4. The van der Waals surface area contributed by atoms with Gasteiger partial charge in [-0.15, -0.1) is 0 Å². The second-order valence-electron chi connectivity index (χ2n) is 7.62. The van der Waals surface area contributed by atoms with Crippen LogP contribution in [0.15, 0.2) is 36.7 Å². The lowest BCUT2D eigenvalue weighted by Crippen LogP contribution is -2.52. The normalized spacial score (nSPS) is 18.3. The number of aryl methyl sites for hydroxylation is 1. The molecule has 0 radical (unpaired) electrons. The standard InChI is InChI=1S/C21H18N6O4/c1-26-7-6-14-18(26)22-9-15(24-14)19(29)23-12-2-3-13-11(8-12)10-27(21(13)31)16-4-5-17(28)25-20(16)30/h2-3,6-9,16H,4-5,10H2,1H3,(H,23,29)(H,25,28,30). The lowest BCUT2D eigenvalue weighted by molar-refractivity contribution is -0.136. The highest BCUT2D eigenvalue weighted by molar-refractivity contribution is 6.06. The molecule has 156 valence electrons. The van der Waals surface area contributed by atoms with Crippen molar-refractivity contribution in [2.45, 2.75) is 25.4 Å². The van der Waals surface area contributed by atoms with Gasteiger partial charge >= 0.3 is 0 Å². The summed E-state index contributed by atoms with van der Waals surface area (Å²) in [6.45, 7) is 0.236. The third-order valence-electron chi connectivity index (χ3n) is 5.58. The maximum Gasteiger partial charge on any atom is 0.275 e. The molecule has 0 saturated carbocycles. The van der Waals surface area contributed by atoms with Crippen molar-refractivity contribution in [3.63, 3.8) is 0 Å². The summed E-state index contributed by atoms with van der Waals surface area (Å²) in [6.07, 6.45) is 3.73. The Hall–Kier alpha value is -4.08. The van der Waals surface area contributed by atoms with Gasteiger partial charge in [0.25, 0.3) is 11.8 Å². The van der Waals surface area contributed by atoms with Crippen molar-refractivity contribution in [3.05, 3.63) is 53.5 Å². The fourth-order valence-electron chi connectivity index (χ4n) is 3.99. The highest BCUT2D eigenvalue weighted by Crippen LogP contribution is 2.29. The molecule has 2 aliphatic heterocycles. The van der Waals surface area contributed by atoms with Crippen molar-refractivity contribution in [3.8, 4) is 0 Å². The van der Waals surface area contributed by atoms with Crippen LogP contribution < -0.4 is 10.6 Å². The van der Waals surface area contributed by atoms with E-state index in [-0.39, 0.29) is 30.5 Å². The Balaban J connectivity index is 1.34. The van der Waals surface area contributed by atoms with Crippen molar-refractivity contribution in [1.82, 2.24) is 24.8 Å². The Morgan fingerprint density at radius 2 is 2.06 bits per heavy atom. The second-order valence-corrected chi connectivity index (χ2v) is 7.62. The van der Waals surface area contributed by atoms with Gasteiger partial charge in [-0.1, -0.05) is 0 Å². The Labute approximate surface area is 176 Å². The van der Waals surface area contributed by atoms with Gasteiger partial charge in [-0.25, -0.2) is 9.97 Å². The number of carbonyl (C=O) groups excluding carboxylic acids is 4. The number of amides is 4. The Morgan fingerprint density at radius 3 is 2.87 bits per heavy atom. The number of rotatable bonds is 3. The van der Waals surface area contributed by atoms with Crippen LogP contribution in [0, 0.1) is 0 Å². The lowest BCUT2D eigenvalue weighted by atomic mass is 10.0. The number of aromatic nitrogens is 3. The van der Waals surface area contributed by atoms with Crippen molar-refractivity contribution < 1.29 is 19.2 Å². The largest absolute Gasteiger partial charge is 0.334 e. The van der Waals surface area contributed by atoms with Crippen molar-refractivity contribution in [2.24, 2.45) is 7.05 Å². The van der Waals surface area contributed by atoms with Crippen molar-refractivity contribution in [1.29, 1.82) is 0 Å². The molecule has 2 N–H and O–H groups in total. The van der Waals surface area contributed by atoms with E-state index in [1.165, 1.54) is 11.1 Å². The zero-order chi connectivity index (χ0) is 21.7. The van der Waals surface area contributed by atoms with E-state index in [0.29, 0.717) is 34.4 Å². The molecule has 10 nitrogen and oxygen atoms in total. The second kappa shape index (κ2) is 7.01. The van der Waals surface area contributed by atoms with Crippen LogP contribution in [0.5, 0.6) is 0 Å². The van der Waals surface area contributed by atoms with E-state index in [9.17, 15) is 19.2 Å². The molecule has 4 amide bonds. The fraction of sp³-hybridized carbons (Fsp3) is 0.238. The van der Waals surface area contributed by atoms with E-state index >= 15 is 0 Å². The zero-order valence-electron chi connectivity index (χ0n) is 16.6. The quantitative estimate of drug-likeness (QED) is 0.611. The van der Waals surface area contributed by atoms with Crippen LogP contribution in [0.3, 0.4) is 0 Å². The number of benzene rings is 1. The van der Waals surface area contributed by atoms with E-state index in [4.69, 9.17) is 0 Å². The zero-order valence-corrected chi connectivity index (χ0v) is 16.6. The van der Waals surface area contributed by atoms with E-state index in [2.05, 4.69) is 20.6 Å². The number of anilines is 1. The predicted molar refractivity (Wildman–Crippen MR) is 109 cm³/mol. The topological polar surface area (TPSA) is 126 Å². The van der Waals surface area contributed by atoms with Gasteiger partial charge in [0.1, 0.15) is 17.3 Å². The summed E-state index contributed by atoms with van der Waals surface area (Å²) >= 11 is 0. The minimum Gasteiger partial charge on any atom is -0.334 e. The van der Waals surface area contributed by atoms with Crippen LogP contribution in [0.2, 0.25) is 0 Å². The van der Waals surface area contributed by atoms with Crippen molar-refractivity contribution in [2.75, 3.05) is 5.32 Å². The van der Waals surface area contributed by atoms with Gasteiger partial charge < -0.3 is 14.8 Å². The third-order valence-corrected chi connectivity index (χ3v) is 5.58. The van der Waals surface area contributed by atoms with Crippen LogP contribution in [-0.4, -0.2) is 49.1 Å². The summed E-state index contributed by atoms with van der Waals surface area (Å²) in [5.74, 6) is -1.46. The minimum absolute atomic E-state index is 0.181. The van der Waals surface area contributed by atoms with E-state index < -0.39 is 17.9 Å². The first-order chi connectivity index (χ1) is 14.9.